The minimum atomic E-state index is -0.145. The first-order valence-electron chi connectivity index (χ1n) is 12.1. The summed E-state index contributed by atoms with van der Waals surface area (Å²) in [6.45, 7) is 5.75. The molecule has 0 bridgehead atoms. The highest BCUT2D eigenvalue weighted by molar-refractivity contribution is 7.80. The van der Waals surface area contributed by atoms with Crippen molar-refractivity contribution in [3.05, 3.63) is 102 Å². The minimum Gasteiger partial charge on any atom is -0.497 e. The van der Waals surface area contributed by atoms with Crippen molar-refractivity contribution in [2.45, 2.75) is 32.9 Å². The Morgan fingerprint density at radius 2 is 1.73 bits per heavy atom. The van der Waals surface area contributed by atoms with Crippen molar-refractivity contribution in [3.63, 3.8) is 0 Å². The second-order valence-electron chi connectivity index (χ2n) is 9.08. The van der Waals surface area contributed by atoms with Gasteiger partial charge in [-0.25, -0.2) is 0 Å². The largest absolute Gasteiger partial charge is 0.497 e. The molecule has 1 aliphatic heterocycles. The van der Waals surface area contributed by atoms with E-state index < -0.39 is 0 Å². The Bertz CT molecular complexity index is 1430. The van der Waals surface area contributed by atoms with Crippen molar-refractivity contribution >= 4 is 34.6 Å². The van der Waals surface area contributed by atoms with E-state index in [-0.39, 0.29) is 18.0 Å². The maximum atomic E-state index is 11.5. The molecular formula is C29H29N5O2S. The molecule has 1 fully saturated rings. The molecule has 0 radical (unpaired) electrons. The molecule has 0 unspecified atom stereocenters. The van der Waals surface area contributed by atoms with E-state index in [2.05, 4.69) is 57.1 Å². The van der Waals surface area contributed by atoms with Crippen LogP contribution in [0.2, 0.25) is 0 Å². The lowest BCUT2D eigenvalue weighted by molar-refractivity contribution is -0.114. The fourth-order valence-electron chi connectivity index (χ4n) is 5.07. The highest BCUT2D eigenvalue weighted by Crippen LogP contribution is 2.44. The number of nitrogens with zero attached hydrogens (tertiary/aromatic N) is 3. The van der Waals surface area contributed by atoms with E-state index in [0.29, 0.717) is 5.11 Å². The lowest BCUT2D eigenvalue weighted by Gasteiger charge is -2.28. The van der Waals surface area contributed by atoms with Crippen LogP contribution in [0.1, 0.15) is 41.7 Å². The zero-order valence-corrected chi connectivity index (χ0v) is 22.0. The van der Waals surface area contributed by atoms with Crippen LogP contribution in [0.3, 0.4) is 0 Å². The van der Waals surface area contributed by atoms with Gasteiger partial charge in [0.05, 0.1) is 24.9 Å². The van der Waals surface area contributed by atoms with E-state index in [0.717, 1.165) is 45.5 Å². The van der Waals surface area contributed by atoms with Crippen LogP contribution in [0.4, 0.5) is 11.4 Å². The summed E-state index contributed by atoms with van der Waals surface area (Å²) in [4.78, 5) is 18.3. The summed E-state index contributed by atoms with van der Waals surface area (Å²) >= 11 is 5.88. The Labute approximate surface area is 222 Å². The van der Waals surface area contributed by atoms with E-state index in [4.69, 9.17) is 17.0 Å². The first kappa shape index (κ1) is 24.5. The number of rotatable bonds is 6. The van der Waals surface area contributed by atoms with Crippen molar-refractivity contribution in [1.82, 2.24) is 14.9 Å². The molecule has 0 aliphatic carbocycles. The van der Waals surface area contributed by atoms with Gasteiger partial charge in [0, 0.05) is 41.6 Å². The molecule has 1 aliphatic rings. The summed E-state index contributed by atoms with van der Waals surface area (Å²) in [6, 6.07) is 23.7. The maximum Gasteiger partial charge on any atom is 0.221 e. The van der Waals surface area contributed by atoms with Gasteiger partial charge in [0.2, 0.25) is 5.91 Å². The van der Waals surface area contributed by atoms with Crippen LogP contribution in [0.15, 0.2) is 79.0 Å². The number of aromatic nitrogens is 2. The average Bonchev–Trinajstić information content (AvgIpc) is 3.39. The predicted molar refractivity (Wildman–Crippen MR) is 150 cm³/mol. The third kappa shape index (κ3) is 4.68. The highest BCUT2D eigenvalue weighted by atomic mass is 32.1. The highest BCUT2D eigenvalue weighted by Gasteiger charge is 2.42. The molecule has 1 saturated heterocycles. The molecule has 2 aromatic carbocycles. The van der Waals surface area contributed by atoms with Crippen LogP contribution in [0, 0.1) is 13.8 Å². The van der Waals surface area contributed by atoms with Crippen molar-refractivity contribution in [2.75, 3.05) is 17.3 Å². The van der Waals surface area contributed by atoms with Gasteiger partial charge in [0.15, 0.2) is 5.11 Å². The van der Waals surface area contributed by atoms with Crippen LogP contribution in [0.5, 0.6) is 5.75 Å². The number of carbonyl (C=O) groups excluding carboxylic acids is 1. The van der Waals surface area contributed by atoms with E-state index in [9.17, 15) is 4.79 Å². The molecule has 2 aromatic heterocycles. The fourth-order valence-corrected chi connectivity index (χ4v) is 5.42. The lowest BCUT2D eigenvalue weighted by Crippen LogP contribution is -2.29. The number of anilines is 2. The summed E-state index contributed by atoms with van der Waals surface area (Å²) in [5, 5.41) is 6.98. The number of thiocarbonyl (C=S) groups is 1. The van der Waals surface area contributed by atoms with Gasteiger partial charge < -0.3 is 24.8 Å². The molecule has 4 aromatic rings. The molecule has 2 atom stereocenters. The number of benzene rings is 2. The summed E-state index contributed by atoms with van der Waals surface area (Å²) < 4.78 is 7.60. The lowest BCUT2D eigenvalue weighted by atomic mass is 9.96. The number of hydrogen-bond acceptors (Lipinski definition) is 4. The van der Waals surface area contributed by atoms with Crippen molar-refractivity contribution in [2.24, 2.45) is 0 Å². The second kappa shape index (κ2) is 10.1. The monoisotopic (exact) mass is 511 g/mol. The summed E-state index contributed by atoms with van der Waals surface area (Å²) in [5.74, 6) is 0.714. The SMILES string of the molecule is COc1ccc(-n2c(C)cc([C@@H]3[C@@H](c4ccccn4)NC(=S)N3c3ccc(NC(C)=O)cc3)c2C)cc1. The summed E-state index contributed by atoms with van der Waals surface area (Å²) in [6.07, 6.45) is 1.81. The first-order chi connectivity index (χ1) is 17.9. The molecule has 0 spiro atoms. The molecule has 7 nitrogen and oxygen atoms in total. The summed E-state index contributed by atoms with van der Waals surface area (Å²) in [5.41, 5.74) is 7.06. The topological polar surface area (TPSA) is 71.4 Å². The van der Waals surface area contributed by atoms with Gasteiger partial charge in [-0.1, -0.05) is 6.07 Å². The number of carbonyl (C=O) groups is 1. The molecule has 2 N–H and O–H groups in total. The smallest absolute Gasteiger partial charge is 0.221 e. The Balaban J connectivity index is 1.61. The molecule has 0 saturated carbocycles. The number of amides is 1. The van der Waals surface area contributed by atoms with Crippen LogP contribution in [-0.4, -0.2) is 27.7 Å². The van der Waals surface area contributed by atoms with Crippen LogP contribution < -0.4 is 20.3 Å². The Morgan fingerprint density at radius 3 is 2.35 bits per heavy atom. The first-order valence-corrected chi connectivity index (χ1v) is 12.5. The van der Waals surface area contributed by atoms with Crippen molar-refractivity contribution in [3.8, 4) is 11.4 Å². The van der Waals surface area contributed by atoms with Gasteiger partial charge in [0.25, 0.3) is 0 Å². The van der Waals surface area contributed by atoms with Gasteiger partial charge in [0.1, 0.15) is 5.75 Å². The number of pyridine rings is 1. The Hall–Kier alpha value is -4.17. The third-order valence-electron chi connectivity index (χ3n) is 6.68. The maximum absolute atomic E-state index is 11.5. The zero-order chi connectivity index (χ0) is 26.1. The minimum absolute atomic E-state index is 0.106. The van der Waals surface area contributed by atoms with E-state index >= 15 is 0 Å². The van der Waals surface area contributed by atoms with Crippen LogP contribution in [-0.2, 0) is 4.79 Å². The number of nitrogens with one attached hydrogen (secondary N) is 2. The molecule has 1 amide bonds. The van der Waals surface area contributed by atoms with Crippen molar-refractivity contribution < 1.29 is 9.53 Å². The van der Waals surface area contributed by atoms with Gasteiger partial charge in [-0.3, -0.25) is 9.78 Å². The molecular weight excluding hydrogens is 482 g/mol. The standard InChI is InChI=1S/C29H29N5O2S/c1-18-17-25(19(2)33(18)22-12-14-24(36-4)15-13-22)28-27(26-7-5-6-16-30-26)32-29(37)34(28)23-10-8-21(9-11-23)31-20(3)35/h5-17,27-28H,1-4H3,(H,31,35)(H,32,37)/t27-,28-/m1/s1. The average molecular weight is 512 g/mol. The van der Waals surface area contributed by atoms with Gasteiger partial charge in [-0.05, 0) is 98.4 Å². The predicted octanol–water partition coefficient (Wildman–Crippen LogP) is 5.63. The molecule has 8 heteroatoms. The molecule has 3 heterocycles. The molecule has 37 heavy (non-hydrogen) atoms. The number of aryl methyl sites for hydroxylation is 1. The van der Waals surface area contributed by atoms with E-state index in [1.54, 1.807) is 7.11 Å². The second-order valence-corrected chi connectivity index (χ2v) is 9.47. The normalized spacial score (nSPS) is 17.0. The van der Waals surface area contributed by atoms with Gasteiger partial charge in [-0.2, -0.15) is 0 Å². The Kier molecular flexibility index (Phi) is 6.67. The van der Waals surface area contributed by atoms with E-state index in [1.807, 2.05) is 60.8 Å². The zero-order valence-electron chi connectivity index (χ0n) is 21.2. The van der Waals surface area contributed by atoms with Crippen LogP contribution >= 0.6 is 12.2 Å². The van der Waals surface area contributed by atoms with Crippen LogP contribution in [0.25, 0.3) is 5.69 Å². The van der Waals surface area contributed by atoms with Crippen molar-refractivity contribution in [1.29, 1.82) is 0 Å². The molecule has 5 rings (SSSR count). The Morgan fingerprint density at radius 1 is 1.03 bits per heavy atom. The quantitative estimate of drug-likeness (QED) is 0.327. The summed E-state index contributed by atoms with van der Waals surface area (Å²) in [7, 11) is 1.67. The van der Waals surface area contributed by atoms with Gasteiger partial charge in [-0.15, -0.1) is 0 Å². The fraction of sp³-hybridized carbons (Fsp3) is 0.207. The number of ether oxygens (including phenoxy) is 1. The third-order valence-corrected chi connectivity index (χ3v) is 7.00. The van der Waals surface area contributed by atoms with E-state index in [1.165, 1.54) is 6.92 Å². The number of hydrogen-bond donors (Lipinski definition) is 2. The molecule has 188 valence electrons. The van der Waals surface area contributed by atoms with Gasteiger partial charge >= 0.3 is 0 Å². The number of methoxy groups -OCH3 is 1.